The Hall–Kier alpha value is -2.55. The molecule has 3 N–H and O–H groups in total. The smallest absolute Gasteiger partial charge is 0.462 e. The third-order valence-corrected chi connectivity index (χ3v) is 8.50. The van der Waals surface area contributed by atoms with Crippen LogP contribution in [-0.4, -0.2) is 52.3 Å². The van der Waals surface area contributed by atoms with Gasteiger partial charge in [-0.05, 0) is 77.0 Å². The van der Waals surface area contributed by atoms with Gasteiger partial charge in [0.15, 0.2) is 6.10 Å². The summed E-state index contributed by atoms with van der Waals surface area (Å²) < 4.78 is 26.3. The van der Waals surface area contributed by atoms with E-state index in [9.17, 15) is 19.3 Å². The van der Waals surface area contributed by atoms with Crippen LogP contribution in [0.4, 0.5) is 0 Å². The Bertz CT molecular complexity index is 1090. The first-order chi connectivity index (χ1) is 25.2. The van der Waals surface area contributed by atoms with Crippen LogP contribution >= 0.6 is 7.82 Å². The molecule has 0 aromatic rings. The summed E-state index contributed by atoms with van der Waals surface area (Å²) in [4.78, 5) is 42.7. The molecule has 298 valence electrons. The standard InChI is InChI=1S/C42H71O9P/c1-3-5-7-8-9-10-11-12-13-14-15-20-23-26-29-32-36-42(45)51-40(38-50-52(46,47)48)37-49-41(44)35-31-28-25-22-19-17-16-18-21-24-27-30-34-39(43)33-6-4-2/h9-10,12-13,16-17,21-22,24-25,30,34,39-40,43H,3-8,11,14-15,18-20,23,26-29,31-33,35-38H2,1-2H3,(H2,46,47,48)/b10-9-,13-12-,17-16-,24-21-,25-22-,34-30-/t39-,40+/m0/s1. The summed E-state index contributed by atoms with van der Waals surface area (Å²) in [7, 11) is -4.78. The number of ether oxygens (including phenoxy) is 2. The maximum absolute atomic E-state index is 12.4. The third-order valence-electron chi connectivity index (χ3n) is 8.02. The molecule has 0 amide bonds. The molecule has 0 aromatic heterocycles. The predicted octanol–water partition coefficient (Wildman–Crippen LogP) is 10.9. The second-order valence-electron chi connectivity index (χ2n) is 13.1. The molecule has 9 nitrogen and oxygen atoms in total. The number of rotatable bonds is 35. The quantitative estimate of drug-likeness (QED) is 0.0250. The van der Waals surface area contributed by atoms with Crippen molar-refractivity contribution in [3.63, 3.8) is 0 Å². The molecular weight excluding hydrogens is 679 g/mol. The summed E-state index contributed by atoms with van der Waals surface area (Å²) >= 11 is 0. The lowest BCUT2D eigenvalue weighted by molar-refractivity contribution is -0.161. The van der Waals surface area contributed by atoms with E-state index in [4.69, 9.17) is 19.3 Å². The zero-order valence-electron chi connectivity index (χ0n) is 32.3. The van der Waals surface area contributed by atoms with E-state index in [0.717, 1.165) is 83.5 Å². The maximum atomic E-state index is 12.4. The van der Waals surface area contributed by atoms with Gasteiger partial charge in [0.05, 0.1) is 12.7 Å². The average molecular weight is 751 g/mol. The van der Waals surface area contributed by atoms with E-state index in [1.54, 1.807) is 0 Å². The van der Waals surface area contributed by atoms with Crippen LogP contribution in [0.2, 0.25) is 0 Å². The molecule has 0 rings (SSSR count). The Morgan fingerprint density at radius 3 is 1.63 bits per heavy atom. The molecule has 10 heteroatoms. The van der Waals surface area contributed by atoms with Gasteiger partial charge in [-0.1, -0.05) is 138 Å². The van der Waals surface area contributed by atoms with Crippen LogP contribution in [0, 0.1) is 0 Å². The Morgan fingerprint density at radius 2 is 1.06 bits per heavy atom. The highest BCUT2D eigenvalue weighted by atomic mass is 31.2. The van der Waals surface area contributed by atoms with Crippen LogP contribution in [0.15, 0.2) is 72.9 Å². The van der Waals surface area contributed by atoms with E-state index in [2.05, 4.69) is 67.0 Å². The highest BCUT2D eigenvalue weighted by molar-refractivity contribution is 7.46. The van der Waals surface area contributed by atoms with E-state index < -0.39 is 32.5 Å². The summed E-state index contributed by atoms with van der Waals surface area (Å²) in [5.41, 5.74) is 0. The number of carbonyl (C=O) groups excluding carboxylic acids is 2. The minimum atomic E-state index is -4.78. The molecule has 0 bridgehead atoms. The van der Waals surface area contributed by atoms with Gasteiger partial charge in [-0.2, -0.15) is 0 Å². The number of carbonyl (C=O) groups is 2. The topological polar surface area (TPSA) is 140 Å². The van der Waals surface area contributed by atoms with E-state index in [0.29, 0.717) is 19.3 Å². The number of aliphatic hydroxyl groups is 1. The lowest BCUT2D eigenvalue weighted by Crippen LogP contribution is -2.29. The molecule has 0 aliphatic heterocycles. The van der Waals surface area contributed by atoms with Crippen LogP contribution in [0.25, 0.3) is 0 Å². The molecule has 0 saturated heterocycles. The fourth-order valence-electron chi connectivity index (χ4n) is 5.00. The Kier molecular flexibility index (Phi) is 35.0. The van der Waals surface area contributed by atoms with Crippen molar-refractivity contribution in [3.8, 4) is 0 Å². The van der Waals surface area contributed by atoms with Crippen molar-refractivity contribution in [3.05, 3.63) is 72.9 Å². The predicted molar refractivity (Wildman–Crippen MR) is 213 cm³/mol. The van der Waals surface area contributed by atoms with Gasteiger partial charge in [0.25, 0.3) is 0 Å². The number of phosphoric ester groups is 1. The van der Waals surface area contributed by atoms with E-state index >= 15 is 0 Å². The van der Waals surface area contributed by atoms with Crippen LogP contribution in [-0.2, 0) is 28.2 Å². The van der Waals surface area contributed by atoms with Gasteiger partial charge in [-0.3, -0.25) is 14.1 Å². The summed E-state index contributed by atoms with van der Waals surface area (Å²) in [6.45, 7) is 3.43. The van der Waals surface area contributed by atoms with Crippen LogP contribution in [0.3, 0.4) is 0 Å². The number of aliphatic hydroxyl groups excluding tert-OH is 1. The molecule has 0 saturated carbocycles. The first kappa shape index (κ1) is 49.5. The van der Waals surface area contributed by atoms with Crippen molar-refractivity contribution in [2.45, 2.75) is 167 Å². The van der Waals surface area contributed by atoms with Gasteiger partial charge >= 0.3 is 19.8 Å². The molecule has 0 unspecified atom stereocenters. The number of allylic oxidation sites excluding steroid dienone is 11. The third kappa shape index (κ3) is 38.7. The number of unbranched alkanes of at least 4 members (excludes halogenated alkanes) is 11. The van der Waals surface area contributed by atoms with E-state index in [-0.39, 0.29) is 25.6 Å². The van der Waals surface area contributed by atoms with Crippen molar-refractivity contribution in [2.75, 3.05) is 13.2 Å². The molecule has 0 heterocycles. The Balaban J connectivity index is 4.11. The molecule has 52 heavy (non-hydrogen) atoms. The Morgan fingerprint density at radius 1 is 0.577 bits per heavy atom. The van der Waals surface area contributed by atoms with Crippen LogP contribution in [0.1, 0.15) is 155 Å². The minimum Gasteiger partial charge on any atom is -0.462 e. The van der Waals surface area contributed by atoms with Gasteiger partial charge in [0.1, 0.15) is 6.61 Å². The van der Waals surface area contributed by atoms with Crippen LogP contribution < -0.4 is 0 Å². The molecule has 0 aromatic carbocycles. The monoisotopic (exact) mass is 750 g/mol. The van der Waals surface area contributed by atoms with Crippen LogP contribution in [0.5, 0.6) is 0 Å². The zero-order valence-corrected chi connectivity index (χ0v) is 33.2. The van der Waals surface area contributed by atoms with Crippen molar-refractivity contribution in [2.24, 2.45) is 0 Å². The summed E-state index contributed by atoms with van der Waals surface area (Å²) in [6, 6.07) is 0. The maximum Gasteiger partial charge on any atom is 0.469 e. The van der Waals surface area contributed by atoms with Gasteiger partial charge in [0.2, 0.25) is 0 Å². The van der Waals surface area contributed by atoms with Crippen molar-refractivity contribution >= 4 is 19.8 Å². The fourth-order valence-corrected chi connectivity index (χ4v) is 5.36. The molecule has 0 aliphatic rings. The van der Waals surface area contributed by atoms with Gasteiger partial charge < -0.3 is 24.4 Å². The molecular formula is C42H71O9P. The molecule has 0 aliphatic carbocycles. The van der Waals surface area contributed by atoms with Crippen molar-refractivity contribution in [1.29, 1.82) is 0 Å². The van der Waals surface area contributed by atoms with E-state index in [1.807, 2.05) is 24.3 Å². The molecule has 2 atom stereocenters. The second-order valence-corrected chi connectivity index (χ2v) is 14.3. The fraction of sp³-hybridized carbons (Fsp3) is 0.667. The Labute approximate surface area is 315 Å². The average Bonchev–Trinajstić information content (AvgIpc) is 3.11. The summed E-state index contributed by atoms with van der Waals surface area (Å²) in [5, 5.41) is 9.78. The van der Waals surface area contributed by atoms with Gasteiger partial charge in [-0.25, -0.2) is 4.57 Å². The molecule has 0 spiro atoms. The first-order valence-corrected chi connectivity index (χ1v) is 21.4. The number of hydrogen-bond donors (Lipinski definition) is 3. The lowest BCUT2D eigenvalue weighted by Gasteiger charge is -2.18. The number of hydrogen-bond acceptors (Lipinski definition) is 7. The number of phosphoric acid groups is 1. The largest absolute Gasteiger partial charge is 0.469 e. The highest BCUT2D eigenvalue weighted by Crippen LogP contribution is 2.36. The van der Waals surface area contributed by atoms with Crippen molar-refractivity contribution < 1.29 is 43.0 Å². The molecule has 0 fully saturated rings. The second kappa shape index (κ2) is 36.8. The lowest BCUT2D eigenvalue weighted by atomic mass is 10.1. The minimum absolute atomic E-state index is 0.169. The normalized spacial score (nSPS) is 13.9. The highest BCUT2D eigenvalue weighted by Gasteiger charge is 2.22. The summed E-state index contributed by atoms with van der Waals surface area (Å²) in [6.07, 6.45) is 43.9. The summed E-state index contributed by atoms with van der Waals surface area (Å²) in [5.74, 6) is -0.992. The van der Waals surface area contributed by atoms with Crippen molar-refractivity contribution in [1.82, 2.24) is 0 Å². The SMILES string of the molecule is CCCCC/C=C\C/C=C\CCCCCCCCC(=O)O[C@H](COC(=O)CCC/C=C\C/C=C\C/C=C\C/C=C\[C@@H](O)CCCC)COP(=O)(O)O. The zero-order chi connectivity index (χ0) is 38.4. The van der Waals surface area contributed by atoms with Gasteiger partial charge in [-0.15, -0.1) is 0 Å². The molecule has 0 radical (unpaired) electrons. The van der Waals surface area contributed by atoms with Gasteiger partial charge in [0, 0.05) is 12.8 Å². The van der Waals surface area contributed by atoms with E-state index in [1.165, 1.54) is 25.7 Å². The number of esters is 2. The first-order valence-electron chi connectivity index (χ1n) is 19.8.